The van der Waals surface area contributed by atoms with Crippen molar-refractivity contribution in [1.82, 2.24) is 10.6 Å². The molecule has 0 aromatic heterocycles. The predicted molar refractivity (Wildman–Crippen MR) is 109 cm³/mol. The summed E-state index contributed by atoms with van der Waals surface area (Å²) in [4.78, 5) is 14.9. The number of nitrogens with one attached hydrogen (secondary N) is 2. The molecule has 0 spiro atoms. The quantitative estimate of drug-likeness (QED) is 0.787. The van der Waals surface area contributed by atoms with Crippen molar-refractivity contribution >= 4 is 11.6 Å². The summed E-state index contributed by atoms with van der Waals surface area (Å²) < 4.78 is 16.3. The van der Waals surface area contributed by atoms with Crippen molar-refractivity contribution in [3.63, 3.8) is 0 Å². The Labute approximate surface area is 172 Å². The first-order chi connectivity index (χ1) is 14.3. The van der Waals surface area contributed by atoms with Gasteiger partial charge in [-0.1, -0.05) is 0 Å². The van der Waals surface area contributed by atoms with Crippen LogP contribution in [0.2, 0.25) is 0 Å². The summed E-state index contributed by atoms with van der Waals surface area (Å²) >= 11 is 0. The van der Waals surface area contributed by atoms with Gasteiger partial charge in [0.2, 0.25) is 12.7 Å². The van der Waals surface area contributed by atoms with E-state index < -0.39 is 0 Å². The van der Waals surface area contributed by atoms with Gasteiger partial charge in [-0.05, 0) is 50.7 Å². The van der Waals surface area contributed by atoms with Crippen LogP contribution < -0.4 is 25.0 Å². The Morgan fingerprint density at radius 3 is 2.45 bits per heavy atom. The van der Waals surface area contributed by atoms with Gasteiger partial charge in [0.25, 0.3) is 0 Å². The average molecular weight is 402 g/mol. The molecule has 2 N–H and O–H groups in total. The van der Waals surface area contributed by atoms with Crippen LogP contribution in [-0.4, -0.2) is 57.1 Å². The summed E-state index contributed by atoms with van der Waals surface area (Å²) in [7, 11) is 0. The van der Waals surface area contributed by atoms with E-state index in [4.69, 9.17) is 14.2 Å². The van der Waals surface area contributed by atoms with Crippen LogP contribution in [0.4, 0.5) is 5.69 Å². The molecule has 3 aliphatic heterocycles. The minimum Gasteiger partial charge on any atom is -0.454 e. The van der Waals surface area contributed by atoms with E-state index in [1.165, 1.54) is 5.69 Å². The highest BCUT2D eigenvalue weighted by atomic mass is 16.7. The van der Waals surface area contributed by atoms with E-state index in [9.17, 15) is 4.79 Å². The summed E-state index contributed by atoms with van der Waals surface area (Å²) in [6, 6.07) is 7.44. The van der Waals surface area contributed by atoms with Crippen molar-refractivity contribution in [1.29, 1.82) is 0 Å². The van der Waals surface area contributed by atoms with Crippen LogP contribution in [0.15, 0.2) is 18.2 Å². The topological polar surface area (TPSA) is 72.1 Å². The number of piperidine rings is 1. The van der Waals surface area contributed by atoms with Gasteiger partial charge in [-0.25, -0.2) is 0 Å². The van der Waals surface area contributed by atoms with Gasteiger partial charge >= 0.3 is 0 Å². The number of hydrogen-bond donors (Lipinski definition) is 2. The SMILES string of the molecule is O=C(N[C@H]1CC[C@H]1NC1CCN(c2ccc3c(c2)OCO3)CC1)C1CCOCC1. The van der Waals surface area contributed by atoms with E-state index in [0.29, 0.717) is 32.1 Å². The van der Waals surface area contributed by atoms with Crippen LogP contribution in [0.5, 0.6) is 11.5 Å². The number of ether oxygens (including phenoxy) is 3. The second kappa shape index (κ2) is 8.40. The molecular formula is C22H31N3O4. The number of fused-ring (bicyclic) bond motifs is 1. The van der Waals surface area contributed by atoms with Crippen LogP contribution in [0.25, 0.3) is 0 Å². The lowest BCUT2D eigenvalue weighted by Gasteiger charge is -2.43. The first-order valence-electron chi connectivity index (χ1n) is 11.0. The Morgan fingerprint density at radius 2 is 1.69 bits per heavy atom. The molecule has 1 aliphatic carbocycles. The monoisotopic (exact) mass is 401 g/mol. The van der Waals surface area contributed by atoms with Gasteiger partial charge in [-0.3, -0.25) is 4.79 Å². The van der Waals surface area contributed by atoms with Gasteiger partial charge in [-0.15, -0.1) is 0 Å². The lowest BCUT2D eigenvalue weighted by Crippen LogP contribution is -2.60. The second-order valence-corrected chi connectivity index (χ2v) is 8.65. The third-order valence-corrected chi connectivity index (χ3v) is 6.86. The molecule has 0 radical (unpaired) electrons. The lowest BCUT2D eigenvalue weighted by atomic mass is 9.84. The molecule has 3 heterocycles. The van der Waals surface area contributed by atoms with Crippen molar-refractivity contribution in [3.8, 4) is 11.5 Å². The number of benzene rings is 1. The zero-order valence-corrected chi connectivity index (χ0v) is 16.9. The lowest BCUT2D eigenvalue weighted by molar-refractivity contribution is -0.129. The molecule has 158 valence electrons. The Hall–Kier alpha value is -1.99. The number of rotatable bonds is 5. The average Bonchev–Trinajstić information content (AvgIpc) is 3.24. The summed E-state index contributed by atoms with van der Waals surface area (Å²) in [5, 5.41) is 7.11. The zero-order valence-electron chi connectivity index (χ0n) is 16.9. The van der Waals surface area contributed by atoms with Crippen molar-refractivity contribution in [2.75, 3.05) is 38.0 Å². The molecule has 4 aliphatic rings. The Bertz CT molecular complexity index is 729. The fourth-order valence-electron chi connectivity index (χ4n) is 4.82. The number of carbonyl (C=O) groups is 1. The fourth-order valence-corrected chi connectivity index (χ4v) is 4.82. The molecule has 1 aromatic carbocycles. The smallest absolute Gasteiger partial charge is 0.231 e. The molecule has 1 aromatic rings. The first-order valence-corrected chi connectivity index (χ1v) is 11.0. The molecule has 1 saturated carbocycles. The number of carbonyl (C=O) groups excluding carboxylic acids is 1. The highest BCUT2D eigenvalue weighted by Gasteiger charge is 2.35. The van der Waals surface area contributed by atoms with E-state index in [2.05, 4.69) is 27.7 Å². The first kappa shape index (κ1) is 19.0. The molecule has 5 rings (SSSR count). The van der Waals surface area contributed by atoms with E-state index in [1.807, 2.05) is 6.07 Å². The van der Waals surface area contributed by atoms with Crippen LogP contribution >= 0.6 is 0 Å². The van der Waals surface area contributed by atoms with Crippen LogP contribution in [0, 0.1) is 5.92 Å². The second-order valence-electron chi connectivity index (χ2n) is 8.65. The molecule has 2 saturated heterocycles. The number of anilines is 1. The minimum atomic E-state index is 0.134. The summed E-state index contributed by atoms with van der Waals surface area (Å²) in [5.74, 6) is 2.04. The molecule has 0 unspecified atom stereocenters. The highest BCUT2D eigenvalue weighted by Crippen LogP contribution is 2.36. The highest BCUT2D eigenvalue weighted by molar-refractivity contribution is 5.79. The predicted octanol–water partition coefficient (Wildman–Crippen LogP) is 2.05. The maximum absolute atomic E-state index is 12.5. The molecule has 3 fully saturated rings. The van der Waals surface area contributed by atoms with Crippen LogP contribution in [-0.2, 0) is 9.53 Å². The van der Waals surface area contributed by atoms with Crippen molar-refractivity contribution in [2.24, 2.45) is 5.92 Å². The normalized spacial score (nSPS) is 27.5. The van der Waals surface area contributed by atoms with Gasteiger partial charge in [0.15, 0.2) is 11.5 Å². The Kier molecular flexibility index (Phi) is 5.50. The third kappa shape index (κ3) is 4.16. The summed E-state index contributed by atoms with van der Waals surface area (Å²) in [5.41, 5.74) is 1.21. The number of nitrogens with zero attached hydrogens (tertiary/aromatic N) is 1. The molecule has 7 nitrogen and oxygen atoms in total. The van der Waals surface area contributed by atoms with Crippen molar-refractivity contribution in [3.05, 3.63) is 18.2 Å². The maximum atomic E-state index is 12.5. The van der Waals surface area contributed by atoms with Crippen molar-refractivity contribution < 1.29 is 19.0 Å². The van der Waals surface area contributed by atoms with Gasteiger partial charge in [0.05, 0.1) is 0 Å². The third-order valence-electron chi connectivity index (χ3n) is 6.86. The summed E-state index contributed by atoms with van der Waals surface area (Å²) in [6.07, 6.45) is 6.19. The maximum Gasteiger partial charge on any atom is 0.231 e. The zero-order chi connectivity index (χ0) is 19.6. The van der Waals surface area contributed by atoms with Crippen molar-refractivity contribution in [2.45, 2.75) is 56.7 Å². The van der Waals surface area contributed by atoms with E-state index in [1.54, 1.807) is 0 Å². The van der Waals surface area contributed by atoms with Gasteiger partial charge < -0.3 is 29.7 Å². The summed E-state index contributed by atoms with van der Waals surface area (Å²) in [6.45, 7) is 3.81. The van der Waals surface area contributed by atoms with E-state index in [-0.39, 0.29) is 17.9 Å². The fraction of sp³-hybridized carbons (Fsp3) is 0.682. The molecule has 7 heteroatoms. The molecular weight excluding hydrogens is 370 g/mol. The van der Waals surface area contributed by atoms with E-state index in [0.717, 1.165) is 63.1 Å². The largest absolute Gasteiger partial charge is 0.454 e. The number of amides is 1. The molecule has 0 bridgehead atoms. The Balaban J connectivity index is 1.08. The van der Waals surface area contributed by atoms with Crippen LogP contribution in [0.1, 0.15) is 38.5 Å². The standard InChI is InChI=1S/C22H31N3O4/c26-22(15-7-11-27-12-8-15)24-19-3-2-18(19)23-16-5-9-25(10-6-16)17-1-4-20-21(13-17)29-14-28-20/h1,4,13,15-16,18-19,23H,2-3,5-12,14H2,(H,24,26)/t18-,19+/m1/s1. The number of hydrogen-bond acceptors (Lipinski definition) is 6. The van der Waals surface area contributed by atoms with Crippen LogP contribution in [0.3, 0.4) is 0 Å². The molecule has 1 amide bonds. The molecule has 29 heavy (non-hydrogen) atoms. The Morgan fingerprint density at radius 1 is 0.931 bits per heavy atom. The van der Waals surface area contributed by atoms with Gasteiger partial charge in [-0.2, -0.15) is 0 Å². The minimum absolute atomic E-state index is 0.134. The van der Waals surface area contributed by atoms with E-state index >= 15 is 0 Å². The molecule has 2 atom stereocenters. The van der Waals surface area contributed by atoms with Gasteiger partial charge in [0.1, 0.15) is 0 Å². The van der Waals surface area contributed by atoms with Gasteiger partial charge in [0, 0.05) is 62.1 Å².